The van der Waals surface area contributed by atoms with E-state index in [1.807, 2.05) is 27.7 Å². The number of aromatic nitrogens is 4. The molecule has 0 radical (unpaired) electrons. The van der Waals surface area contributed by atoms with Crippen molar-refractivity contribution in [1.82, 2.24) is 19.3 Å². The minimum atomic E-state index is 0.394. The van der Waals surface area contributed by atoms with Crippen molar-refractivity contribution in [1.29, 1.82) is 0 Å². The highest BCUT2D eigenvalue weighted by Crippen LogP contribution is 2.31. The minimum absolute atomic E-state index is 0.394. The highest BCUT2D eigenvalue weighted by Gasteiger charge is 2.25. The molecule has 1 atom stereocenters. The monoisotopic (exact) mass is 291 g/mol. The van der Waals surface area contributed by atoms with Crippen LogP contribution in [0.15, 0.2) is 60.2 Å². The van der Waals surface area contributed by atoms with Crippen molar-refractivity contribution in [2.24, 2.45) is 10.9 Å². The molecule has 3 aromatic rings. The van der Waals surface area contributed by atoms with E-state index in [0.29, 0.717) is 5.92 Å². The standard InChI is InChI=1S/C17H17N5/c1-2-13-11-22-17(15(10-19-22)21-9-8-18-12-21)20-16(13)14-6-4-3-5-7-14/h3-10,12-13H,2,11H2,1H3. The number of benzene rings is 1. The second-order valence-electron chi connectivity index (χ2n) is 5.47. The van der Waals surface area contributed by atoms with Crippen molar-refractivity contribution in [3.8, 4) is 5.69 Å². The molecule has 0 N–H and O–H groups in total. The average Bonchev–Trinajstić information content (AvgIpc) is 3.23. The maximum atomic E-state index is 4.95. The first kappa shape index (κ1) is 13.0. The maximum absolute atomic E-state index is 4.95. The Kier molecular flexibility index (Phi) is 3.11. The molecule has 1 aliphatic heterocycles. The molecule has 5 nitrogen and oxygen atoms in total. The molecule has 22 heavy (non-hydrogen) atoms. The third-order valence-corrected chi connectivity index (χ3v) is 4.14. The Labute approximate surface area is 129 Å². The van der Waals surface area contributed by atoms with Crippen LogP contribution in [0.2, 0.25) is 0 Å². The van der Waals surface area contributed by atoms with Gasteiger partial charge in [-0.15, -0.1) is 0 Å². The van der Waals surface area contributed by atoms with Gasteiger partial charge in [-0.05, 0) is 12.0 Å². The lowest BCUT2D eigenvalue weighted by Gasteiger charge is -2.23. The first-order valence-corrected chi connectivity index (χ1v) is 7.55. The van der Waals surface area contributed by atoms with Crippen LogP contribution in [-0.2, 0) is 6.54 Å². The van der Waals surface area contributed by atoms with Crippen LogP contribution in [0.1, 0.15) is 18.9 Å². The van der Waals surface area contributed by atoms with Gasteiger partial charge in [0.05, 0.1) is 24.8 Å². The Morgan fingerprint density at radius 3 is 2.82 bits per heavy atom. The van der Waals surface area contributed by atoms with Gasteiger partial charge in [0, 0.05) is 18.3 Å². The Balaban J connectivity index is 1.85. The second kappa shape index (κ2) is 5.26. The van der Waals surface area contributed by atoms with Gasteiger partial charge in [-0.1, -0.05) is 37.3 Å². The zero-order valence-corrected chi connectivity index (χ0v) is 12.4. The van der Waals surface area contributed by atoms with Crippen LogP contribution in [0.25, 0.3) is 5.69 Å². The quantitative estimate of drug-likeness (QED) is 0.744. The summed E-state index contributed by atoms with van der Waals surface area (Å²) >= 11 is 0. The van der Waals surface area contributed by atoms with Gasteiger partial charge in [-0.2, -0.15) is 5.10 Å². The third-order valence-electron chi connectivity index (χ3n) is 4.14. The molecule has 0 aliphatic carbocycles. The summed E-state index contributed by atoms with van der Waals surface area (Å²) in [5.74, 6) is 1.30. The van der Waals surface area contributed by atoms with Gasteiger partial charge in [0.1, 0.15) is 5.69 Å². The number of nitrogens with zero attached hydrogens (tertiary/aromatic N) is 5. The van der Waals surface area contributed by atoms with Crippen LogP contribution in [0, 0.1) is 5.92 Å². The topological polar surface area (TPSA) is 48.0 Å². The smallest absolute Gasteiger partial charge is 0.175 e. The van der Waals surface area contributed by atoms with E-state index in [2.05, 4.69) is 41.3 Å². The van der Waals surface area contributed by atoms with Crippen LogP contribution in [0.4, 0.5) is 5.82 Å². The molecule has 110 valence electrons. The van der Waals surface area contributed by atoms with E-state index in [9.17, 15) is 0 Å². The van der Waals surface area contributed by atoms with Gasteiger partial charge < -0.3 is 4.57 Å². The molecule has 1 aliphatic rings. The molecule has 1 aromatic carbocycles. The van der Waals surface area contributed by atoms with E-state index >= 15 is 0 Å². The normalized spacial score (nSPS) is 17.1. The van der Waals surface area contributed by atoms with E-state index in [1.54, 1.807) is 12.5 Å². The average molecular weight is 291 g/mol. The summed E-state index contributed by atoms with van der Waals surface area (Å²) in [5, 5.41) is 4.50. The molecule has 4 rings (SSSR count). The van der Waals surface area contributed by atoms with Crippen molar-refractivity contribution < 1.29 is 0 Å². The minimum Gasteiger partial charge on any atom is -0.301 e. The van der Waals surface area contributed by atoms with Gasteiger partial charge in [0.15, 0.2) is 5.82 Å². The summed E-state index contributed by atoms with van der Waals surface area (Å²) < 4.78 is 3.95. The van der Waals surface area contributed by atoms with Gasteiger partial charge in [0.25, 0.3) is 0 Å². The van der Waals surface area contributed by atoms with E-state index in [4.69, 9.17) is 4.99 Å². The lowest BCUT2D eigenvalue weighted by Crippen LogP contribution is -2.25. The Morgan fingerprint density at radius 1 is 1.23 bits per heavy atom. The van der Waals surface area contributed by atoms with E-state index in [-0.39, 0.29) is 0 Å². The summed E-state index contributed by atoms with van der Waals surface area (Å²) in [6, 6.07) is 10.4. The van der Waals surface area contributed by atoms with E-state index in [1.165, 1.54) is 5.56 Å². The summed E-state index contributed by atoms with van der Waals surface area (Å²) in [6.45, 7) is 3.07. The summed E-state index contributed by atoms with van der Waals surface area (Å²) in [6.07, 6.45) is 8.38. The number of imidazole rings is 1. The van der Waals surface area contributed by atoms with Crippen LogP contribution in [-0.4, -0.2) is 25.0 Å². The van der Waals surface area contributed by atoms with Crippen LogP contribution in [0.3, 0.4) is 0 Å². The van der Waals surface area contributed by atoms with Crippen molar-refractivity contribution >= 4 is 11.5 Å². The Bertz CT molecular complexity index is 799. The predicted octanol–water partition coefficient (Wildman–Crippen LogP) is 3.23. The highest BCUT2D eigenvalue weighted by molar-refractivity contribution is 6.04. The number of fused-ring (bicyclic) bond motifs is 1. The maximum Gasteiger partial charge on any atom is 0.175 e. The van der Waals surface area contributed by atoms with Gasteiger partial charge >= 0.3 is 0 Å². The van der Waals surface area contributed by atoms with Gasteiger partial charge in [-0.3, -0.25) is 0 Å². The summed E-state index contributed by atoms with van der Waals surface area (Å²) in [7, 11) is 0. The zero-order chi connectivity index (χ0) is 14.9. The van der Waals surface area contributed by atoms with Gasteiger partial charge in [0.2, 0.25) is 0 Å². The van der Waals surface area contributed by atoms with Crippen molar-refractivity contribution in [3.05, 3.63) is 60.8 Å². The van der Waals surface area contributed by atoms with Crippen molar-refractivity contribution in [2.75, 3.05) is 0 Å². The molecular weight excluding hydrogens is 274 g/mol. The second-order valence-corrected chi connectivity index (χ2v) is 5.47. The van der Waals surface area contributed by atoms with Crippen LogP contribution < -0.4 is 0 Å². The number of aliphatic imine (C=N–C) groups is 1. The van der Waals surface area contributed by atoms with Crippen molar-refractivity contribution in [2.45, 2.75) is 19.9 Å². The molecular formula is C17H17N5. The molecule has 0 saturated heterocycles. The molecule has 0 amide bonds. The fourth-order valence-electron chi connectivity index (χ4n) is 2.93. The molecule has 0 saturated carbocycles. The molecule has 0 bridgehead atoms. The van der Waals surface area contributed by atoms with Crippen LogP contribution in [0.5, 0.6) is 0 Å². The molecule has 5 heteroatoms. The molecule has 0 spiro atoms. The number of hydrogen-bond donors (Lipinski definition) is 0. The fourth-order valence-corrected chi connectivity index (χ4v) is 2.93. The first-order valence-electron chi connectivity index (χ1n) is 7.55. The largest absolute Gasteiger partial charge is 0.301 e. The zero-order valence-electron chi connectivity index (χ0n) is 12.4. The van der Waals surface area contributed by atoms with E-state index < -0.39 is 0 Å². The number of hydrogen-bond acceptors (Lipinski definition) is 3. The summed E-state index contributed by atoms with van der Waals surface area (Å²) in [4.78, 5) is 9.07. The number of rotatable bonds is 3. The molecule has 0 fully saturated rings. The summed E-state index contributed by atoms with van der Waals surface area (Å²) in [5.41, 5.74) is 3.32. The SMILES string of the molecule is CCC1Cn2ncc(-n3ccnc3)c2N=C1c1ccccc1. The van der Waals surface area contributed by atoms with E-state index in [0.717, 1.165) is 30.2 Å². The predicted molar refractivity (Wildman–Crippen MR) is 85.8 cm³/mol. The molecule has 1 unspecified atom stereocenters. The lowest BCUT2D eigenvalue weighted by molar-refractivity contribution is 0.492. The Morgan fingerprint density at radius 2 is 2.09 bits per heavy atom. The Hall–Kier alpha value is -2.69. The van der Waals surface area contributed by atoms with Crippen LogP contribution >= 0.6 is 0 Å². The third kappa shape index (κ3) is 2.06. The molecule has 3 heterocycles. The first-order chi connectivity index (χ1) is 10.9. The van der Waals surface area contributed by atoms with Crippen molar-refractivity contribution in [3.63, 3.8) is 0 Å². The fraction of sp³-hybridized carbons (Fsp3) is 0.235. The highest BCUT2D eigenvalue weighted by atomic mass is 15.3. The molecule has 2 aromatic heterocycles. The van der Waals surface area contributed by atoms with Gasteiger partial charge in [-0.25, -0.2) is 14.7 Å². The lowest BCUT2D eigenvalue weighted by atomic mass is 9.93.